The zero-order chi connectivity index (χ0) is 15.7. The summed E-state index contributed by atoms with van der Waals surface area (Å²) in [6.07, 6.45) is 1.85. The van der Waals surface area contributed by atoms with Crippen LogP contribution in [-0.4, -0.2) is 55.0 Å². The Labute approximate surface area is 124 Å². The minimum Gasteiger partial charge on any atom is -0.480 e. The van der Waals surface area contributed by atoms with Crippen LogP contribution >= 0.6 is 0 Å². The van der Waals surface area contributed by atoms with Crippen LogP contribution in [-0.2, 0) is 19.1 Å². The third-order valence-electron chi connectivity index (χ3n) is 4.82. The molecular formula is C14H24N2O5. The molecule has 0 aromatic carbocycles. The second kappa shape index (κ2) is 5.90. The average molecular weight is 300 g/mol. The first-order valence-corrected chi connectivity index (χ1v) is 7.30. The van der Waals surface area contributed by atoms with Gasteiger partial charge in [0.1, 0.15) is 12.1 Å². The molecule has 1 aliphatic heterocycles. The Morgan fingerprint density at radius 2 is 2.19 bits per heavy atom. The molecule has 0 bridgehead atoms. The Bertz CT molecular complexity index is 426. The number of carbonyl (C=O) groups is 2. The van der Waals surface area contributed by atoms with Gasteiger partial charge in [-0.2, -0.15) is 0 Å². The number of rotatable bonds is 6. The summed E-state index contributed by atoms with van der Waals surface area (Å²) in [5.41, 5.74) is 5.06. The fraction of sp³-hybridized carbons (Fsp3) is 0.857. The molecule has 0 aromatic rings. The molecule has 2 aliphatic rings. The number of amides is 1. The maximum Gasteiger partial charge on any atom is 0.329 e. The standard InChI is InChI=1S/C14H24N2O5/c1-13(2)11-9(4-3-6-21-11)14(13,15)12(19)16-5-7-20-8-10(17)18/h9,11H,3-8,15H2,1-2H3,(H,16,19)(H,17,18). The van der Waals surface area contributed by atoms with Gasteiger partial charge in [0.05, 0.1) is 12.7 Å². The van der Waals surface area contributed by atoms with Crippen LogP contribution < -0.4 is 11.1 Å². The molecule has 2 rings (SSSR count). The summed E-state index contributed by atoms with van der Waals surface area (Å²) in [5, 5.41) is 11.2. The largest absolute Gasteiger partial charge is 0.480 e. The summed E-state index contributed by atoms with van der Waals surface area (Å²) in [6.45, 7) is 4.68. The van der Waals surface area contributed by atoms with Crippen LogP contribution in [0, 0.1) is 11.3 Å². The number of ether oxygens (including phenoxy) is 2. The molecule has 21 heavy (non-hydrogen) atoms. The fourth-order valence-corrected chi connectivity index (χ4v) is 3.58. The van der Waals surface area contributed by atoms with Gasteiger partial charge in [-0.25, -0.2) is 4.79 Å². The molecule has 1 saturated carbocycles. The van der Waals surface area contributed by atoms with E-state index in [2.05, 4.69) is 5.32 Å². The van der Waals surface area contributed by atoms with E-state index < -0.39 is 16.9 Å². The van der Waals surface area contributed by atoms with Gasteiger partial charge in [0, 0.05) is 24.5 Å². The smallest absolute Gasteiger partial charge is 0.329 e. The molecule has 4 N–H and O–H groups in total. The quantitative estimate of drug-likeness (QED) is 0.583. The topological polar surface area (TPSA) is 111 Å². The number of aliphatic carboxylic acids is 1. The summed E-state index contributed by atoms with van der Waals surface area (Å²) >= 11 is 0. The third-order valence-corrected chi connectivity index (χ3v) is 4.82. The predicted molar refractivity (Wildman–Crippen MR) is 74.6 cm³/mol. The number of hydrogen-bond acceptors (Lipinski definition) is 5. The summed E-state index contributed by atoms with van der Waals surface area (Å²) < 4.78 is 10.6. The van der Waals surface area contributed by atoms with Crippen LogP contribution in [0.3, 0.4) is 0 Å². The minimum atomic E-state index is -1.03. The van der Waals surface area contributed by atoms with E-state index in [1.807, 2.05) is 13.8 Å². The van der Waals surface area contributed by atoms with E-state index in [4.69, 9.17) is 20.3 Å². The predicted octanol–water partition coefficient (Wildman–Crippen LogP) is -0.264. The first kappa shape index (κ1) is 16.2. The van der Waals surface area contributed by atoms with Crippen molar-refractivity contribution in [2.75, 3.05) is 26.4 Å². The minimum absolute atomic E-state index is 0.0326. The van der Waals surface area contributed by atoms with Crippen molar-refractivity contribution in [2.45, 2.75) is 38.3 Å². The number of nitrogens with two attached hydrogens (primary N) is 1. The Kier molecular flexibility index (Phi) is 4.55. The lowest BCUT2D eigenvalue weighted by atomic mass is 9.46. The van der Waals surface area contributed by atoms with Crippen molar-refractivity contribution in [1.29, 1.82) is 0 Å². The molecule has 3 atom stereocenters. The maximum atomic E-state index is 12.5. The van der Waals surface area contributed by atoms with Gasteiger partial charge in [-0.3, -0.25) is 4.79 Å². The van der Waals surface area contributed by atoms with Gasteiger partial charge in [-0.05, 0) is 12.8 Å². The van der Waals surface area contributed by atoms with Crippen molar-refractivity contribution < 1.29 is 24.2 Å². The molecule has 0 aromatic heterocycles. The molecule has 1 aliphatic carbocycles. The van der Waals surface area contributed by atoms with Crippen LogP contribution in [0.15, 0.2) is 0 Å². The second-order valence-electron chi connectivity index (χ2n) is 6.33. The first-order valence-electron chi connectivity index (χ1n) is 7.30. The van der Waals surface area contributed by atoms with Gasteiger partial charge in [-0.15, -0.1) is 0 Å². The summed E-state index contributed by atoms with van der Waals surface area (Å²) in [7, 11) is 0. The highest BCUT2D eigenvalue weighted by Gasteiger charge is 2.70. The lowest BCUT2D eigenvalue weighted by Crippen LogP contribution is -2.82. The van der Waals surface area contributed by atoms with Crippen molar-refractivity contribution in [3.63, 3.8) is 0 Å². The van der Waals surface area contributed by atoms with Crippen molar-refractivity contribution in [3.8, 4) is 0 Å². The van der Waals surface area contributed by atoms with E-state index in [0.717, 1.165) is 19.4 Å². The van der Waals surface area contributed by atoms with Crippen LogP contribution in [0.4, 0.5) is 0 Å². The molecule has 0 radical (unpaired) electrons. The summed E-state index contributed by atoms with van der Waals surface area (Å²) in [5.74, 6) is -1.20. The SMILES string of the molecule is CC1(C)C2OCCCC2C1(N)C(=O)NCCOCC(=O)O. The van der Waals surface area contributed by atoms with Gasteiger partial charge in [0.2, 0.25) is 5.91 Å². The Morgan fingerprint density at radius 3 is 2.86 bits per heavy atom. The van der Waals surface area contributed by atoms with E-state index in [1.54, 1.807) is 0 Å². The van der Waals surface area contributed by atoms with Crippen molar-refractivity contribution in [1.82, 2.24) is 5.32 Å². The Balaban J connectivity index is 1.87. The average Bonchev–Trinajstić information content (AvgIpc) is 2.45. The number of fused-ring (bicyclic) bond motifs is 1. The molecule has 1 heterocycles. The molecule has 2 fully saturated rings. The summed E-state index contributed by atoms with van der Waals surface area (Å²) in [6, 6.07) is 0. The Hall–Kier alpha value is -1.18. The van der Waals surface area contributed by atoms with Crippen molar-refractivity contribution >= 4 is 11.9 Å². The monoisotopic (exact) mass is 300 g/mol. The number of nitrogens with one attached hydrogen (secondary N) is 1. The molecule has 1 saturated heterocycles. The van der Waals surface area contributed by atoms with Crippen LogP contribution in [0.1, 0.15) is 26.7 Å². The normalized spacial score (nSPS) is 33.7. The molecule has 0 spiro atoms. The number of hydrogen-bond donors (Lipinski definition) is 3. The lowest BCUT2D eigenvalue weighted by molar-refractivity contribution is -0.225. The molecule has 3 unspecified atom stereocenters. The van der Waals surface area contributed by atoms with Gasteiger partial charge < -0.3 is 25.6 Å². The molecule has 1 amide bonds. The van der Waals surface area contributed by atoms with Gasteiger partial charge in [-0.1, -0.05) is 13.8 Å². The number of carbonyl (C=O) groups excluding carboxylic acids is 1. The van der Waals surface area contributed by atoms with E-state index in [1.165, 1.54) is 0 Å². The van der Waals surface area contributed by atoms with Crippen LogP contribution in [0.5, 0.6) is 0 Å². The number of carboxylic acid groups (broad SMARTS) is 1. The Morgan fingerprint density at radius 1 is 1.48 bits per heavy atom. The molecule has 120 valence electrons. The van der Waals surface area contributed by atoms with E-state index >= 15 is 0 Å². The van der Waals surface area contributed by atoms with Gasteiger partial charge in [0.15, 0.2) is 0 Å². The van der Waals surface area contributed by atoms with Gasteiger partial charge >= 0.3 is 5.97 Å². The van der Waals surface area contributed by atoms with Crippen LogP contribution in [0.2, 0.25) is 0 Å². The molecular weight excluding hydrogens is 276 g/mol. The summed E-state index contributed by atoms with van der Waals surface area (Å²) in [4.78, 5) is 22.8. The molecule has 7 heteroatoms. The first-order chi connectivity index (χ1) is 9.81. The van der Waals surface area contributed by atoms with E-state index in [9.17, 15) is 9.59 Å². The third kappa shape index (κ3) is 2.65. The van der Waals surface area contributed by atoms with Crippen molar-refractivity contribution in [2.24, 2.45) is 17.1 Å². The maximum absolute atomic E-state index is 12.5. The van der Waals surface area contributed by atoms with Crippen molar-refractivity contribution in [3.05, 3.63) is 0 Å². The molecule has 7 nitrogen and oxygen atoms in total. The highest BCUT2D eigenvalue weighted by atomic mass is 16.5. The highest BCUT2D eigenvalue weighted by molar-refractivity contribution is 5.89. The van der Waals surface area contributed by atoms with E-state index in [0.29, 0.717) is 0 Å². The fourth-order valence-electron chi connectivity index (χ4n) is 3.58. The highest BCUT2D eigenvalue weighted by Crippen LogP contribution is 2.57. The van der Waals surface area contributed by atoms with Gasteiger partial charge in [0.25, 0.3) is 0 Å². The second-order valence-corrected chi connectivity index (χ2v) is 6.33. The van der Waals surface area contributed by atoms with Crippen LogP contribution in [0.25, 0.3) is 0 Å². The van der Waals surface area contributed by atoms with E-state index in [-0.39, 0.29) is 37.7 Å². The zero-order valence-corrected chi connectivity index (χ0v) is 12.6. The zero-order valence-electron chi connectivity index (χ0n) is 12.6. The lowest BCUT2D eigenvalue weighted by Gasteiger charge is -2.65. The number of carboxylic acids is 1.